The summed E-state index contributed by atoms with van der Waals surface area (Å²) in [6.07, 6.45) is 16.6. The summed E-state index contributed by atoms with van der Waals surface area (Å²) < 4.78 is 32.0. The van der Waals surface area contributed by atoms with E-state index in [1.165, 1.54) is 25.7 Å². The molecule has 0 fully saturated rings. The molecule has 0 aliphatic heterocycles. The van der Waals surface area contributed by atoms with E-state index < -0.39 is 0 Å². The van der Waals surface area contributed by atoms with Crippen molar-refractivity contribution in [3.63, 3.8) is 0 Å². The van der Waals surface area contributed by atoms with E-state index in [2.05, 4.69) is 116 Å². The molecule has 0 aliphatic rings. The lowest BCUT2D eigenvalue weighted by atomic mass is 10.2. The number of hydrogen-bond acceptors (Lipinski definition) is 6. The third kappa shape index (κ3) is 103. The van der Waals surface area contributed by atoms with Crippen LogP contribution in [0.2, 0.25) is 0 Å². The highest BCUT2D eigenvalue weighted by Crippen LogP contribution is 2.09. The van der Waals surface area contributed by atoms with E-state index in [1.807, 2.05) is 48.5 Å². The van der Waals surface area contributed by atoms with E-state index in [1.54, 1.807) is 0 Å². The highest BCUT2D eigenvalue weighted by atomic mass is 16.5. The highest BCUT2D eigenvalue weighted by molar-refractivity contribution is 4.84. The van der Waals surface area contributed by atoms with Gasteiger partial charge in [-0.15, -0.1) is 18.8 Å². The molecule has 0 aromatic rings. The van der Waals surface area contributed by atoms with Crippen molar-refractivity contribution in [2.75, 3.05) is 39.6 Å². The zero-order chi connectivity index (χ0) is 41.1. The maximum Gasteiger partial charge on any atom is 0.108 e. The molecule has 0 rings (SSSR count). The molecule has 0 bridgehead atoms. The summed E-state index contributed by atoms with van der Waals surface area (Å²) in [5, 5.41) is 0. The van der Waals surface area contributed by atoms with Gasteiger partial charge in [-0.05, 0) is 151 Å². The Bertz CT molecular complexity index is 728. The van der Waals surface area contributed by atoms with Gasteiger partial charge in [-0.1, -0.05) is 39.5 Å². The van der Waals surface area contributed by atoms with Crippen LogP contribution in [0.15, 0.2) is 0 Å². The fourth-order valence-corrected chi connectivity index (χ4v) is 2.56. The van der Waals surface area contributed by atoms with Crippen molar-refractivity contribution in [3.8, 4) is 24.7 Å². The van der Waals surface area contributed by atoms with Gasteiger partial charge in [-0.25, -0.2) is 0 Å². The van der Waals surface area contributed by atoms with Gasteiger partial charge >= 0.3 is 0 Å². The van der Waals surface area contributed by atoms with Crippen LogP contribution in [0.1, 0.15) is 191 Å². The highest BCUT2D eigenvalue weighted by Gasteiger charge is 2.10. The summed E-state index contributed by atoms with van der Waals surface area (Å²) in [4.78, 5) is 0. The van der Waals surface area contributed by atoms with Crippen molar-refractivity contribution in [1.29, 1.82) is 0 Å². The summed E-state index contributed by atoms with van der Waals surface area (Å²) in [7, 11) is 0. The second-order valence-corrected chi connectivity index (χ2v) is 17.7. The molecule has 0 atom stereocenters. The Balaban J connectivity index is -0.000000116. The minimum absolute atomic E-state index is 0.0448. The standard InChI is InChI=1S/2C8H18O.C8H14O.C7H16O.C7H12O.C6H14O/c3*1-5-6-7-9-8(2,3)4;2*1-5-6-8-7(2,3)4;1-5-7-6(2,3)4/h2*5-7H2,1-4H3;1H,6-7H2,2-4H3;5-6H2,1-4H3;1H,6H2,2-4H3;5H2,1-4H3. The third-order valence-electron chi connectivity index (χ3n) is 4.75. The molecule has 6 nitrogen and oxygen atoms in total. The van der Waals surface area contributed by atoms with Crippen LogP contribution < -0.4 is 0 Å². The SMILES string of the molecule is C#CCCOC(C)(C)C.C#CCOC(C)(C)C.CCCCOC(C)(C)C.CCCCOC(C)(C)C.CCCOC(C)(C)C.CCOC(C)(C)C. The second-order valence-electron chi connectivity index (χ2n) is 17.7. The number of hydrogen-bond donors (Lipinski definition) is 0. The molecular weight excluding hydrogens is 624 g/mol. The number of unbranched alkanes of at least 4 members (excludes halogenated alkanes) is 2. The van der Waals surface area contributed by atoms with E-state index >= 15 is 0 Å². The number of rotatable bonds is 12. The van der Waals surface area contributed by atoms with Crippen molar-refractivity contribution in [1.82, 2.24) is 0 Å². The smallest absolute Gasteiger partial charge is 0.108 e. The lowest BCUT2D eigenvalue weighted by Crippen LogP contribution is -2.19. The second kappa shape index (κ2) is 34.9. The molecule has 50 heavy (non-hydrogen) atoms. The van der Waals surface area contributed by atoms with Crippen molar-refractivity contribution in [2.24, 2.45) is 0 Å². The third-order valence-corrected chi connectivity index (χ3v) is 4.75. The molecule has 0 saturated heterocycles. The predicted octanol–water partition coefficient (Wildman–Crippen LogP) is 12.5. The van der Waals surface area contributed by atoms with Crippen LogP contribution in [0, 0.1) is 24.7 Å². The van der Waals surface area contributed by atoms with Crippen LogP contribution in [-0.2, 0) is 28.4 Å². The Hall–Kier alpha value is -1.12. The van der Waals surface area contributed by atoms with Gasteiger partial charge in [-0.3, -0.25) is 0 Å². The Morgan fingerprint density at radius 1 is 0.360 bits per heavy atom. The molecule has 304 valence electrons. The minimum atomic E-state index is -0.0909. The summed E-state index contributed by atoms with van der Waals surface area (Å²) in [6.45, 7) is 49.9. The average Bonchev–Trinajstić information content (AvgIpc) is 2.90. The molecule has 0 aromatic heterocycles. The largest absolute Gasteiger partial charge is 0.376 e. The Morgan fingerprint density at radius 2 is 0.660 bits per heavy atom. The van der Waals surface area contributed by atoms with Gasteiger partial charge in [0.25, 0.3) is 0 Å². The molecule has 0 unspecified atom stereocenters. The predicted molar refractivity (Wildman–Crippen MR) is 222 cm³/mol. The lowest BCUT2D eigenvalue weighted by molar-refractivity contribution is -0.00452. The fourth-order valence-electron chi connectivity index (χ4n) is 2.56. The van der Waals surface area contributed by atoms with Gasteiger partial charge in [-0.2, -0.15) is 0 Å². The first-order chi connectivity index (χ1) is 22.4. The van der Waals surface area contributed by atoms with E-state index in [4.69, 9.17) is 41.3 Å². The molecule has 0 spiro atoms. The first kappa shape index (κ1) is 60.9. The molecule has 0 N–H and O–H groups in total. The number of ether oxygens (including phenoxy) is 6. The van der Waals surface area contributed by atoms with Crippen molar-refractivity contribution in [2.45, 2.75) is 224 Å². The van der Waals surface area contributed by atoms with E-state index in [9.17, 15) is 0 Å². The molecule has 0 amide bonds. The average molecular weight is 717 g/mol. The van der Waals surface area contributed by atoms with Crippen LogP contribution in [0.25, 0.3) is 0 Å². The van der Waals surface area contributed by atoms with Gasteiger partial charge in [0, 0.05) is 32.8 Å². The summed E-state index contributed by atoms with van der Waals surface area (Å²) in [6, 6.07) is 0. The van der Waals surface area contributed by atoms with Crippen LogP contribution >= 0.6 is 0 Å². The topological polar surface area (TPSA) is 55.4 Å². The van der Waals surface area contributed by atoms with Crippen LogP contribution in [0.3, 0.4) is 0 Å². The van der Waals surface area contributed by atoms with Crippen molar-refractivity contribution >= 4 is 0 Å². The van der Waals surface area contributed by atoms with Crippen LogP contribution in [0.4, 0.5) is 0 Å². The first-order valence-corrected chi connectivity index (χ1v) is 19.1. The normalized spacial score (nSPS) is 11.6. The molecule has 0 heterocycles. The molecular formula is C44H92O6. The Labute approximate surface area is 316 Å². The molecule has 0 radical (unpaired) electrons. The first-order valence-electron chi connectivity index (χ1n) is 19.1. The van der Waals surface area contributed by atoms with Crippen molar-refractivity contribution < 1.29 is 28.4 Å². The van der Waals surface area contributed by atoms with Crippen molar-refractivity contribution in [3.05, 3.63) is 0 Å². The lowest BCUT2D eigenvalue weighted by Gasteiger charge is -2.18. The monoisotopic (exact) mass is 717 g/mol. The fraction of sp³-hybridized carbons (Fsp3) is 0.909. The van der Waals surface area contributed by atoms with Gasteiger partial charge in [0.1, 0.15) is 6.61 Å². The molecule has 0 aliphatic carbocycles. The zero-order valence-corrected chi connectivity index (χ0v) is 38.1. The summed E-state index contributed by atoms with van der Waals surface area (Å²) in [5.74, 6) is 4.92. The number of terminal acetylenes is 2. The van der Waals surface area contributed by atoms with E-state index in [0.29, 0.717) is 19.6 Å². The van der Waals surface area contributed by atoms with Crippen LogP contribution in [-0.4, -0.2) is 73.2 Å². The summed E-state index contributed by atoms with van der Waals surface area (Å²) in [5.41, 5.74) is 0.0678. The van der Waals surface area contributed by atoms with E-state index in [-0.39, 0.29) is 33.6 Å². The molecule has 6 heteroatoms. The van der Waals surface area contributed by atoms with Gasteiger partial charge in [0.05, 0.1) is 40.2 Å². The Kier molecular flexibility index (Phi) is 42.6. The quantitative estimate of drug-likeness (QED) is 0.148. The van der Waals surface area contributed by atoms with Gasteiger partial charge in [0.2, 0.25) is 0 Å². The van der Waals surface area contributed by atoms with E-state index in [0.717, 1.165) is 32.8 Å². The Morgan fingerprint density at radius 3 is 0.820 bits per heavy atom. The maximum absolute atomic E-state index is 5.47. The van der Waals surface area contributed by atoms with Gasteiger partial charge < -0.3 is 28.4 Å². The summed E-state index contributed by atoms with van der Waals surface area (Å²) >= 11 is 0. The molecule has 0 aromatic carbocycles. The maximum atomic E-state index is 5.47. The minimum Gasteiger partial charge on any atom is -0.376 e. The van der Waals surface area contributed by atoms with Crippen LogP contribution in [0.5, 0.6) is 0 Å². The zero-order valence-electron chi connectivity index (χ0n) is 38.1. The molecule has 0 saturated carbocycles. The van der Waals surface area contributed by atoms with Gasteiger partial charge in [0.15, 0.2) is 0 Å².